The number of nitrogens with zero attached hydrogens (tertiary/aromatic N) is 2. The average molecular weight is 455 g/mol. The largest absolute Gasteiger partial charge is 0.283 e. The second-order valence-electron chi connectivity index (χ2n) is 7.36. The van der Waals surface area contributed by atoms with Crippen LogP contribution in [0.15, 0.2) is 62.9 Å². The van der Waals surface area contributed by atoms with E-state index in [9.17, 15) is 4.79 Å². The zero-order valence-electron chi connectivity index (χ0n) is 15.9. The van der Waals surface area contributed by atoms with Crippen molar-refractivity contribution in [2.75, 3.05) is 0 Å². The van der Waals surface area contributed by atoms with Crippen LogP contribution in [0.4, 0.5) is 5.69 Å². The number of thioether (sulfide) groups is 1. The summed E-state index contributed by atoms with van der Waals surface area (Å²) in [7, 11) is 0. The van der Waals surface area contributed by atoms with Gasteiger partial charge in [0.1, 0.15) is 0 Å². The standard InChI is InChI=1S/C23H23BrN2OS/c1-16-10-12-19(13-11-16)25-23-26(20-8-3-2-4-9-20)22(27)21(28-23)15-17-6-5-7-18(24)14-17/h5-7,10-15,20H,2-4,8-9H2,1H3/b21-15+,25-23?. The van der Waals surface area contributed by atoms with Crippen LogP contribution in [0, 0.1) is 6.92 Å². The highest BCUT2D eigenvalue weighted by atomic mass is 79.9. The van der Waals surface area contributed by atoms with Gasteiger partial charge in [0.05, 0.1) is 10.6 Å². The molecule has 1 saturated heterocycles. The number of carbonyl (C=O) groups is 1. The molecule has 3 nitrogen and oxygen atoms in total. The number of hydrogen-bond donors (Lipinski definition) is 0. The van der Waals surface area contributed by atoms with Gasteiger partial charge in [0.25, 0.3) is 5.91 Å². The first kappa shape index (κ1) is 19.5. The first-order valence-electron chi connectivity index (χ1n) is 9.74. The van der Waals surface area contributed by atoms with E-state index in [2.05, 4.69) is 35.0 Å². The Morgan fingerprint density at radius 1 is 1.11 bits per heavy atom. The van der Waals surface area contributed by atoms with Crippen LogP contribution >= 0.6 is 27.7 Å². The quantitative estimate of drug-likeness (QED) is 0.483. The molecule has 0 bridgehead atoms. The Morgan fingerprint density at radius 2 is 1.86 bits per heavy atom. The van der Waals surface area contributed by atoms with E-state index in [4.69, 9.17) is 4.99 Å². The minimum absolute atomic E-state index is 0.0859. The summed E-state index contributed by atoms with van der Waals surface area (Å²) < 4.78 is 1.01. The van der Waals surface area contributed by atoms with Crippen molar-refractivity contribution in [1.82, 2.24) is 4.90 Å². The zero-order valence-corrected chi connectivity index (χ0v) is 18.3. The number of aryl methyl sites for hydroxylation is 1. The third-order valence-electron chi connectivity index (χ3n) is 5.18. The highest BCUT2D eigenvalue weighted by molar-refractivity contribution is 9.10. The highest BCUT2D eigenvalue weighted by Gasteiger charge is 2.38. The molecule has 2 aromatic carbocycles. The van der Waals surface area contributed by atoms with Crippen molar-refractivity contribution in [1.29, 1.82) is 0 Å². The summed E-state index contributed by atoms with van der Waals surface area (Å²) in [6.07, 6.45) is 7.72. The number of benzene rings is 2. The molecule has 5 heteroatoms. The Labute approximate surface area is 179 Å². The molecular weight excluding hydrogens is 432 g/mol. The molecule has 2 aromatic rings. The molecule has 1 amide bonds. The van der Waals surface area contributed by atoms with E-state index in [1.54, 1.807) is 0 Å². The number of hydrogen-bond acceptors (Lipinski definition) is 3. The molecule has 4 rings (SSSR count). The lowest BCUT2D eigenvalue weighted by molar-refractivity contribution is -0.124. The van der Waals surface area contributed by atoms with E-state index in [0.717, 1.165) is 38.6 Å². The van der Waals surface area contributed by atoms with Gasteiger partial charge in [0, 0.05) is 10.5 Å². The molecule has 0 atom stereocenters. The van der Waals surface area contributed by atoms with Crippen LogP contribution in [0.25, 0.3) is 6.08 Å². The number of amidine groups is 1. The van der Waals surface area contributed by atoms with Crippen molar-refractivity contribution in [2.24, 2.45) is 4.99 Å². The predicted molar refractivity (Wildman–Crippen MR) is 122 cm³/mol. The highest BCUT2D eigenvalue weighted by Crippen LogP contribution is 2.38. The summed E-state index contributed by atoms with van der Waals surface area (Å²) >= 11 is 5.00. The molecular formula is C23H23BrN2OS. The SMILES string of the molecule is Cc1ccc(N=C2S/C(=C/c3cccc(Br)c3)C(=O)N2C2CCCCC2)cc1. The summed E-state index contributed by atoms with van der Waals surface area (Å²) in [5.41, 5.74) is 3.12. The molecule has 0 radical (unpaired) electrons. The minimum atomic E-state index is 0.0859. The van der Waals surface area contributed by atoms with Crippen LogP contribution in [0.3, 0.4) is 0 Å². The molecule has 28 heavy (non-hydrogen) atoms. The Kier molecular flexibility index (Phi) is 6.02. The molecule has 0 spiro atoms. The van der Waals surface area contributed by atoms with Crippen molar-refractivity contribution < 1.29 is 4.79 Å². The minimum Gasteiger partial charge on any atom is -0.283 e. The lowest BCUT2D eigenvalue weighted by Gasteiger charge is -2.30. The first-order chi connectivity index (χ1) is 13.6. The van der Waals surface area contributed by atoms with Gasteiger partial charge in [-0.05, 0) is 67.4 Å². The van der Waals surface area contributed by atoms with E-state index in [0.29, 0.717) is 0 Å². The maximum Gasteiger partial charge on any atom is 0.267 e. The fourth-order valence-electron chi connectivity index (χ4n) is 3.70. The van der Waals surface area contributed by atoms with Crippen molar-refractivity contribution in [2.45, 2.75) is 45.1 Å². The lowest BCUT2D eigenvalue weighted by Crippen LogP contribution is -2.40. The molecule has 1 aliphatic heterocycles. The van der Waals surface area contributed by atoms with Crippen molar-refractivity contribution >= 4 is 50.5 Å². The van der Waals surface area contributed by atoms with E-state index in [1.165, 1.54) is 36.6 Å². The number of amides is 1. The van der Waals surface area contributed by atoms with Crippen molar-refractivity contribution in [3.63, 3.8) is 0 Å². The Bertz CT molecular complexity index is 930. The second kappa shape index (κ2) is 8.66. The lowest BCUT2D eigenvalue weighted by atomic mass is 9.94. The summed E-state index contributed by atoms with van der Waals surface area (Å²) in [4.78, 5) is 20.8. The van der Waals surface area contributed by atoms with Gasteiger partial charge in [-0.2, -0.15) is 0 Å². The molecule has 1 heterocycles. The van der Waals surface area contributed by atoms with Gasteiger partial charge in [-0.25, -0.2) is 4.99 Å². The maximum absolute atomic E-state index is 13.3. The van der Waals surface area contributed by atoms with Crippen LogP contribution in [0.2, 0.25) is 0 Å². The van der Waals surface area contributed by atoms with E-state index in [-0.39, 0.29) is 11.9 Å². The van der Waals surface area contributed by atoms with Gasteiger partial charge in [0.2, 0.25) is 0 Å². The van der Waals surface area contributed by atoms with E-state index in [1.807, 2.05) is 47.4 Å². The zero-order chi connectivity index (χ0) is 19.5. The number of halogens is 1. The van der Waals surface area contributed by atoms with Crippen LogP contribution in [-0.4, -0.2) is 22.0 Å². The van der Waals surface area contributed by atoms with Gasteiger partial charge in [-0.1, -0.05) is 65.0 Å². The average Bonchev–Trinajstić information content (AvgIpc) is 2.99. The van der Waals surface area contributed by atoms with Crippen LogP contribution in [0.5, 0.6) is 0 Å². The maximum atomic E-state index is 13.3. The monoisotopic (exact) mass is 454 g/mol. The molecule has 0 aromatic heterocycles. The summed E-state index contributed by atoms with van der Waals surface area (Å²) in [5, 5.41) is 0.807. The molecule has 1 saturated carbocycles. The predicted octanol–water partition coefficient (Wildman–Crippen LogP) is 6.69. The molecule has 2 fully saturated rings. The summed E-state index contributed by atoms with van der Waals surface area (Å²) in [6, 6.07) is 16.4. The van der Waals surface area contributed by atoms with Crippen molar-refractivity contribution in [3.05, 3.63) is 69.0 Å². The number of aliphatic imine (C=N–C) groups is 1. The Balaban J connectivity index is 1.69. The van der Waals surface area contributed by atoms with Gasteiger partial charge in [-0.3, -0.25) is 9.69 Å². The summed E-state index contributed by atoms with van der Waals surface area (Å²) in [6.45, 7) is 2.07. The Hall–Kier alpha value is -1.85. The van der Waals surface area contributed by atoms with Crippen LogP contribution in [-0.2, 0) is 4.79 Å². The summed E-state index contributed by atoms with van der Waals surface area (Å²) in [5.74, 6) is 0.0859. The number of rotatable bonds is 3. The van der Waals surface area contributed by atoms with Gasteiger partial charge < -0.3 is 0 Å². The topological polar surface area (TPSA) is 32.7 Å². The normalized spacial score (nSPS) is 21.1. The van der Waals surface area contributed by atoms with E-state index < -0.39 is 0 Å². The van der Waals surface area contributed by atoms with Crippen LogP contribution < -0.4 is 0 Å². The molecule has 0 N–H and O–H groups in total. The van der Waals surface area contributed by atoms with E-state index >= 15 is 0 Å². The third-order valence-corrected chi connectivity index (χ3v) is 6.66. The fourth-order valence-corrected chi connectivity index (χ4v) is 5.18. The first-order valence-corrected chi connectivity index (χ1v) is 11.4. The second-order valence-corrected chi connectivity index (χ2v) is 9.29. The van der Waals surface area contributed by atoms with Crippen LogP contribution in [0.1, 0.15) is 43.2 Å². The molecule has 144 valence electrons. The molecule has 0 unspecified atom stereocenters. The fraction of sp³-hybridized carbons (Fsp3) is 0.304. The Morgan fingerprint density at radius 3 is 2.57 bits per heavy atom. The van der Waals surface area contributed by atoms with Crippen molar-refractivity contribution in [3.8, 4) is 0 Å². The third kappa shape index (κ3) is 4.41. The smallest absolute Gasteiger partial charge is 0.267 e. The van der Waals surface area contributed by atoms with Gasteiger partial charge in [0.15, 0.2) is 5.17 Å². The van der Waals surface area contributed by atoms with Gasteiger partial charge in [-0.15, -0.1) is 0 Å². The van der Waals surface area contributed by atoms with Gasteiger partial charge >= 0.3 is 0 Å². The number of carbonyl (C=O) groups excluding carboxylic acids is 1. The molecule has 2 aliphatic rings. The molecule has 1 aliphatic carbocycles.